The van der Waals surface area contributed by atoms with Crippen LogP contribution >= 0.6 is 0 Å². The second-order valence-electron chi connectivity index (χ2n) is 4.53. The molecule has 0 bridgehead atoms. The zero-order valence-corrected chi connectivity index (χ0v) is 14.7. The van der Waals surface area contributed by atoms with Gasteiger partial charge in [0, 0.05) is 32.8 Å². The van der Waals surface area contributed by atoms with Crippen LogP contribution in [0.2, 0.25) is 0 Å². The van der Waals surface area contributed by atoms with Crippen molar-refractivity contribution in [3.05, 3.63) is 12.8 Å². The molecular formula is C16H33NO6. The maximum atomic E-state index is 5.51. The SMILES string of the molecule is C=COCCOCCN(CCOCOCC)CCOCOCC. The van der Waals surface area contributed by atoms with E-state index in [2.05, 4.69) is 11.5 Å². The highest BCUT2D eigenvalue weighted by atomic mass is 16.7. The molecule has 0 unspecified atom stereocenters. The van der Waals surface area contributed by atoms with Gasteiger partial charge in [-0.25, -0.2) is 0 Å². The van der Waals surface area contributed by atoms with Gasteiger partial charge in [0.2, 0.25) is 0 Å². The number of hydrogen-bond acceptors (Lipinski definition) is 7. The summed E-state index contributed by atoms with van der Waals surface area (Å²) in [6.45, 7) is 14.7. The first-order chi connectivity index (χ1) is 11.3. The van der Waals surface area contributed by atoms with E-state index in [9.17, 15) is 0 Å². The lowest BCUT2D eigenvalue weighted by Crippen LogP contribution is -2.34. The van der Waals surface area contributed by atoms with Gasteiger partial charge in [0.1, 0.15) is 20.2 Å². The highest BCUT2D eigenvalue weighted by Gasteiger charge is 2.05. The molecule has 0 rings (SSSR count). The van der Waals surface area contributed by atoms with Crippen LogP contribution in [0.25, 0.3) is 0 Å². The minimum Gasteiger partial charge on any atom is -0.499 e. The van der Waals surface area contributed by atoms with Gasteiger partial charge in [0.15, 0.2) is 0 Å². The molecule has 0 fully saturated rings. The summed E-state index contributed by atoms with van der Waals surface area (Å²) in [4.78, 5) is 2.23. The molecule has 0 spiro atoms. The van der Waals surface area contributed by atoms with E-state index < -0.39 is 0 Å². The van der Waals surface area contributed by atoms with Crippen molar-refractivity contribution in [3.63, 3.8) is 0 Å². The van der Waals surface area contributed by atoms with E-state index in [1.165, 1.54) is 6.26 Å². The molecule has 7 nitrogen and oxygen atoms in total. The Bertz CT molecular complexity index is 229. The predicted octanol–water partition coefficient (Wildman–Crippen LogP) is 1.49. The fourth-order valence-electron chi connectivity index (χ4n) is 1.61. The molecule has 0 amide bonds. The van der Waals surface area contributed by atoms with Gasteiger partial charge in [-0.2, -0.15) is 0 Å². The largest absolute Gasteiger partial charge is 0.499 e. The first kappa shape index (κ1) is 22.3. The van der Waals surface area contributed by atoms with Crippen LogP contribution in [0.3, 0.4) is 0 Å². The predicted molar refractivity (Wildman–Crippen MR) is 88.3 cm³/mol. The monoisotopic (exact) mass is 335 g/mol. The molecule has 0 N–H and O–H groups in total. The van der Waals surface area contributed by atoms with Crippen LogP contribution in [0.15, 0.2) is 12.8 Å². The van der Waals surface area contributed by atoms with Gasteiger partial charge in [-0.3, -0.25) is 4.90 Å². The Morgan fingerprint density at radius 1 is 0.696 bits per heavy atom. The second-order valence-corrected chi connectivity index (χ2v) is 4.53. The second kappa shape index (κ2) is 19.3. The molecule has 138 valence electrons. The number of nitrogens with zero attached hydrogens (tertiary/aromatic N) is 1. The Kier molecular flexibility index (Phi) is 18.8. The van der Waals surface area contributed by atoms with Crippen molar-refractivity contribution in [2.75, 3.05) is 79.5 Å². The third-order valence-corrected chi connectivity index (χ3v) is 2.86. The van der Waals surface area contributed by atoms with Crippen LogP contribution in [0.5, 0.6) is 0 Å². The summed E-state index contributed by atoms with van der Waals surface area (Å²) in [5.74, 6) is 0. The average Bonchev–Trinajstić information content (AvgIpc) is 2.56. The molecule has 0 aromatic rings. The summed E-state index contributed by atoms with van der Waals surface area (Å²) in [5, 5.41) is 0. The summed E-state index contributed by atoms with van der Waals surface area (Å²) in [6.07, 6.45) is 1.42. The Labute approximate surface area is 140 Å². The lowest BCUT2D eigenvalue weighted by atomic mass is 10.4. The van der Waals surface area contributed by atoms with Crippen LogP contribution in [0.4, 0.5) is 0 Å². The summed E-state index contributed by atoms with van der Waals surface area (Å²) < 4.78 is 31.6. The van der Waals surface area contributed by atoms with Gasteiger partial charge in [-0.1, -0.05) is 6.58 Å². The first-order valence-corrected chi connectivity index (χ1v) is 8.18. The lowest BCUT2D eigenvalue weighted by Gasteiger charge is -2.22. The summed E-state index contributed by atoms with van der Waals surface area (Å²) in [6, 6.07) is 0. The average molecular weight is 335 g/mol. The van der Waals surface area contributed by atoms with Crippen molar-refractivity contribution in [1.29, 1.82) is 0 Å². The molecule has 0 aromatic carbocycles. The van der Waals surface area contributed by atoms with E-state index in [-0.39, 0.29) is 0 Å². The molecule has 0 aliphatic carbocycles. The van der Waals surface area contributed by atoms with Gasteiger partial charge >= 0.3 is 0 Å². The summed E-state index contributed by atoms with van der Waals surface area (Å²) in [5.41, 5.74) is 0. The lowest BCUT2D eigenvalue weighted by molar-refractivity contribution is -0.0662. The molecular weight excluding hydrogens is 302 g/mol. The normalized spacial score (nSPS) is 11.1. The minimum absolute atomic E-state index is 0.334. The van der Waals surface area contributed by atoms with Crippen molar-refractivity contribution in [3.8, 4) is 0 Å². The van der Waals surface area contributed by atoms with Gasteiger partial charge in [0.05, 0.1) is 32.7 Å². The highest BCUT2D eigenvalue weighted by Crippen LogP contribution is 1.92. The van der Waals surface area contributed by atoms with Gasteiger partial charge in [-0.15, -0.1) is 0 Å². The summed E-state index contributed by atoms with van der Waals surface area (Å²) in [7, 11) is 0. The van der Waals surface area contributed by atoms with Gasteiger partial charge in [-0.05, 0) is 13.8 Å². The van der Waals surface area contributed by atoms with E-state index in [4.69, 9.17) is 28.4 Å². The number of rotatable bonds is 19. The van der Waals surface area contributed by atoms with Crippen molar-refractivity contribution < 1.29 is 28.4 Å². The first-order valence-electron chi connectivity index (χ1n) is 8.18. The van der Waals surface area contributed by atoms with E-state index in [1.807, 2.05) is 13.8 Å². The Morgan fingerprint density at radius 2 is 1.22 bits per heavy atom. The fourth-order valence-corrected chi connectivity index (χ4v) is 1.61. The smallest absolute Gasteiger partial charge is 0.146 e. The molecule has 0 aliphatic heterocycles. The molecule has 0 atom stereocenters. The fraction of sp³-hybridized carbons (Fsp3) is 0.875. The maximum Gasteiger partial charge on any atom is 0.146 e. The summed E-state index contributed by atoms with van der Waals surface area (Å²) >= 11 is 0. The zero-order valence-electron chi connectivity index (χ0n) is 14.7. The van der Waals surface area contributed by atoms with Crippen LogP contribution in [0, 0.1) is 0 Å². The molecule has 0 saturated carbocycles. The topological polar surface area (TPSA) is 58.6 Å². The molecule has 0 radical (unpaired) electrons. The third kappa shape index (κ3) is 17.5. The Morgan fingerprint density at radius 3 is 1.70 bits per heavy atom. The van der Waals surface area contributed by atoms with Crippen LogP contribution in [-0.4, -0.2) is 84.4 Å². The van der Waals surface area contributed by atoms with Crippen molar-refractivity contribution >= 4 is 0 Å². The standard InChI is InChI=1S/C16H33NO6/c1-4-18-13-14-21-10-7-17(8-11-22-15-19-5-2)9-12-23-16-20-6-3/h4H,1,5-16H2,2-3H3. The molecule has 0 aromatic heterocycles. The maximum absolute atomic E-state index is 5.51. The van der Waals surface area contributed by atoms with Gasteiger partial charge in [0.25, 0.3) is 0 Å². The molecule has 0 saturated heterocycles. The highest BCUT2D eigenvalue weighted by molar-refractivity contribution is 4.57. The molecule has 7 heteroatoms. The van der Waals surface area contributed by atoms with Crippen molar-refractivity contribution in [1.82, 2.24) is 4.90 Å². The van der Waals surface area contributed by atoms with E-state index >= 15 is 0 Å². The van der Waals surface area contributed by atoms with E-state index in [0.29, 0.717) is 59.8 Å². The van der Waals surface area contributed by atoms with E-state index in [0.717, 1.165) is 19.6 Å². The third-order valence-electron chi connectivity index (χ3n) is 2.86. The van der Waals surface area contributed by atoms with Crippen molar-refractivity contribution in [2.45, 2.75) is 13.8 Å². The Hall–Kier alpha value is -0.700. The van der Waals surface area contributed by atoms with Gasteiger partial charge < -0.3 is 28.4 Å². The van der Waals surface area contributed by atoms with Crippen molar-refractivity contribution in [2.24, 2.45) is 0 Å². The Balaban J connectivity index is 3.74. The molecule has 0 aliphatic rings. The van der Waals surface area contributed by atoms with Crippen LogP contribution in [0.1, 0.15) is 13.8 Å². The van der Waals surface area contributed by atoms with Crippen LogP contribution in [-0.2, 0) is 28.4 Å². The minimum atomic E-state index is 0.334. The number of ether oxygens (including phenoxy) is 6. The van der Waals surface area contributed by atoms with E-state index in [1.54, 1.807) is 0 Å². The quantitative estimate of drug-likeness (QED) is 0.201. The number of hydrogen-bond donors (Lipinski definition) is 0. The molecule has 23 heavy (non-hydrogen) atoms. The van der Waals surface area contributed by atoms with Crippen LogP contribution < -0.4 is 0 Å². The zero-order chi connectivity index (χ0) is 17.0. The molecule has 0 heterocycles.